The second-order valence-corrected chi connectivity index (χ2v) is 3.35. The molecule has 1 aromatic rings. The number of hydrogen-bond acceptors (Lipinski definition) is 3. The molecule has 1 heterocycles. The third kappa shape index (κ3) is 2.49. The maximum atomic E-state index is 5.57. The Kier molecular flexibility index (Phi) is 3.37. The molecular formula is C10H17N3. The van der Waals surface area contributed by atoms with E-state index in [1.165, 1.54) is 0 Å². The fourth-order valence-corrected chi connectivity index (χ4v) is 1.17. The Balaban J connectivity index is 3.01. The van der Waals surface area contributed by atoms with Gasteiger partial charge in [-0.2, -0.15) is 0 Å². The summed E-state index contributed by atoms with van der Waals surface area (Å²) in [5.74, 6) is 1.13. The van der Waals surface area contributed by atoms with Crippen LogP contribution in [0.15, 0.2) is 6.07 Å². The van der Waals surface area contributed by atoms with Crippen LogP contribution in [0.1, 0.15) is 37.0 Å². The first-order valence-electron chi connectivity index (χ1n) is 4.71. The Bertz CT molecular complexity index is 283. The molecule has 13 heavy (non-hydrogen) atoms. The minimum absolute atomic E-state index is 0.255. The standard InChI is InChI=1S/C10H17N3/c1-4-9-5-8(3)12-10(13-9)7(2)6-11/h5,7H,4,6,11H2,1-3H3. The summed E-state index contributed by atoms with van der Waals surface area (Å²) < 4.78 is 0. The van der Waals surface area contributed by atoms with Gasteiger partial charge in [-0.3, -0.25) is 0 Å². The van der Waals surface area contributed by atoms with E-state index in [-0.39, 0.29) is 5.92 Å². The molecule has 1 rings (SSSR count). The summed E-state index contributed by atoms with van der Waals surface area (Å²) in [6, 6.07) is 2.02. The van der Waals surface area contributed by atoms with Crippen LogP contribution in [0.4, 0.5) is 0 Å². The molecule has 72 valence electrons. The van der Waals surface area contributed by atoms with Crippen molar-refractivity contribution in [1.82, 2.24) is 9.97 Å². The van der Waals surface area contributed by atoms with E-state index in [1.807, 2.05) is 19.9 Å². The van der Waals surface area contributed by atoms with E-state index in [0.717, 1.165) is 23.6 Å². The monoisotopic (exact) mass is 179 g/mol. The summed E-state index contributed by atoms with van der Waals surface area (Å²) in [7, 11) is 0. The third-order valence-electron chi connectivity index (χ3n) is 2.08. The van der Waals surface area contributed by atoms with Gasteiger partial charge in [0.1, 0.15) is 5.82 Å². The van der Waals surface area contributed by atoms with Gasteiger partial charge in [-0.05, 0) is 19.4 Å². The van der Waals surface area contributed by atoms with Crippen LogP contribution >= 0.6 is 0 Å². The highest BCUT2D eigenvalue weighted by Gasteiger charge is 2.07. The van der Waals surface area contributed by atoms with Crippen LogP contribution in [-0.4, -0.2) is 16.5 Å². The fraction of sp³-hybridized carbons (Fsp3) is 0.600. The molecule has 0 radical (unpaired) electrons. The van der Waals surface area contributed by atoms with Crippen LogP contribution in [0, 0.1) is 6.92 Å². The van der Waals surface area contributed by atoms with Crippen molar-refractivity contribution in [2.45, 2.75) is 33.1 Å². The zero-order valence-corrected chi connectivity index (χ0v) is 8.54. The lowest BCUT2D eigenvalue weighted by molar-refractivity contribution is 0.697. The molecule has 0 aromatic carbocycles. The zero-order valence-electron chi connectivity index (χ0n) is 8.54. The molecule has 0 bridgehead atoms. The van der Waals surface area contributed by atoms with Gasteiger partial charge in [0, 0.05) is 23.9 Å². The molecule has 0 aliphatic rings. The maximum absolute atomic E-state index is 5.57. The Morgan fingerprint density at radius 2 is 2.15 bits per heavy atom. The van der Waals surface area contributed by atoms with Gasteiger partial charge in [0.25, 0.3) is 0 Å². The highest BCUT2D eigenvalue weighted by atomic mass is 14.9. The summed E-state index contributed by atoms with van der Waals surface area (Å²) in [6.45, 7) is 6.74. The zero-order chi connectivity index (χ0) is 9.84. The minimum Gasteiger partial charge on any atom is -0.330 e. The van der Waals surface area contributed by atoms with Gasteiger partial charge in [-0.1, -0.05) is 13.8 Å². The Labute approximate surface area is 79.4 Å². The minimum atomic E-state index is 0.255. The van der Waals surface area contributed by atoms with Crippen molar-refractivity contribution in [2.75, 3.05) is 6.54 Å². The van der Waals surface area contributed by atoms with Gasteiger partial charge in [0.15, 0.2) is 0 Å². The number of rotatable bonds is 3. The lowest BCUT2D eigenvalue weighted by Gasteiger charge is -2.09. The first kappa shape index (κ1) is 10.1. The molecule has 0 saturated carbocycles. The molecule has 1 unspecified atom stereocenters. The second-order valence-electron chi connectivity index (χ2n) is 3.35. The van der Waals surface area contributed by atoms with E-state index in [2.05, 4.69) is 16.9 Å². The Morgan fingerprint density at radius 3 is 2.69 bits per heavy atom. The van der Waals surface area contributed by atoms with Crippen LogP contribution < -0.4 is 5.73 Å². The average molecular weight is 179 g/mol. The normalized spacial score (nSPS) is 12.9. The smallest absolute Gasteiger partial charge is 0.132 e. The van der Waals surface area contributed by atoms with Gasteiger partial charge < -0.3 is 5.73 Å². The van der Waals surface area contributed by atoms with Gasteiger partial charge in [0.05, 0.1) is 0 Å². The Hall–Kier alpha value is -0.960. The van der Waals surface area contributed by atoms with Crippen LogP contribution in [0.25, 0.3) is 0 Å². The number of aromatic nitrogens is 2. The molecule has 0 aliphatic carbocycles. The molecule has 3 heteroatoms. The van der Waals surface area contributed by atoms with Gasteiger partial charge in [-0.25, -0.2) is 9.97 Å². The van der Waals surface area contributed by atoms with E-state index in [9.17, 15) is 0 Å². The van der Waals surface area contributed by atoms with E-state index in [4.69, 9.17) is 5.73 Å². The average Bonchev–Trinajstić information content (AvgIpc) is 2.15. The van der Waals surface area contributed by atoms with E-state index < -0.39 is 0 Å². The van der Waals surface area contributed by atoms with Crippen molar-refractivity contribution in [3.8, 4) is 0 Å². The van der Waals surface area contributed by atoms with E-state index in [1.54, 1.807) is 0 Å². The van der Waals surface area contributed by atoms with Crippen LogP contribution in [-0.2, 0) is 6.42 Å². The molecule has 3 nitrogen and oxygen atoms in total. The SMILES string of the molecule is CCc1cc(C)nc(C(C)CN)n1. The largest absolute Gasteiger partial charge is 0.330 e. The first-order chi connectivity index (χ1) is 6.17. The van der Waals surface area contributed by atoms with E-state index in [0.29, 0.717) is 6.54 Å². The van der Waals surface area contributed by atoms with Gasteiger partial charge in [-0.15, -0.1) is 0 Å². The molecule has 0 spiro atoms. The Morgan fingerprint density at radius 1 is 1.46 bits per heavy atom. The topological polar surface area (TPSA) is 51.8 Å². The van der Waals surface area contributed by atoms with Crippen molar-refractivity contribution in [2.24, 2.45) is 5.73 Å². The van der Waals surface area contributed by atoms with Crippen molar-refractivity contribution in [3.63, 3.8) is 0 Å². The second kappa shape index (κ2) is 4.33. The summed E-state index contributed by atoms with van der Waals surface area (Å²) in [5, 5.41) is 0. The molecule has 0 aliphatic heterocycles. The number of hydrogen-bond donors (Lipinski definition) is 1. The first-order valence-corrected chi connectivity index (χ1v) is 4.71. The highest BCUT2D eigenvalue weighted by Crippen LogP contribution is 2.10. The predicted molar refractivity (Wildman–Crippen MR) is 53.6 cm³/mol. The molecule has 0 saturated heterocycles. The summed E-state index contributed by atoms with van der Waals surface area (Å²) in [5.41, 5.74) is 7.70. The van der Waals surface area contributed by atoms with Crippen molar-refractivity contribution in [1.29, 1.82) is 0 Å². The maximum Gasteiger partial charge on any atom is 0.132 e. The van der Waals surface area contributed by atoms with E-state index >= 15 is 0 Å². The third-order valence-corrected chi connectivity index (χ3v) is 2.08. The van der Waals surface area contributed by atoms with Crippen molar-refractivity contribution < 1.29 is 0 Å². The number of nitrogens with two attached hydrogens (primary N) is 1. The number of aryl methyl sites for hydroxylation is 2. The number of nitrogens with zero attached hydrogens (tertiary/aromatic N) is 2. The van der Waals surface area contributed by atoms with Gasteiger partial charge in [0.2, 0.25) is 0 Å². The lowest BCUT2D eigenvalue weighted by Crippen LogP contribution is -2.13. The summed E-state index contributed by atoms with van der Waals surface area (Å²) in [4.78, 5) is 8.79. The van der Waals surface area contributed by atoms with Crippen LogP contribution in [0.2, 0.25) is 0 Å². The molecule has 0 amide bonds. The van der Waals surface area contributed by atoms with Gasteiger partial charge >= 0.3 is 0 Å². The molecule has 1 aromatic heterocycles. The molecule has 1 atom stereocenters. The van der Waals surface area contributed by atoms with Crippen LogP contribution in [0.3, 0.4) is 0 Å². The molecule has 0 fully saturated rings. The van der Waals surface area contributed by atoms with Crippen molar-refractivity contribution >= 4 is 0 Å². The summed E-state index contributed by atoms with van der Waals surface area (Å²) >= 11 is 0. The van der Waals surface area contributed by atoms with Crippen LogP contribution in [0.5, 0.6) is 0 Å². The summed E-state index contributed by atoms with van der Waals surface area (Å²) in [6.07, 6.45) is 0.952. The van der Waals surface area contributed by atoms with Crippen molar-refractivity contribution in [3.05, 3.63) is 23.3 Å². The predicted octanol–water partition coefficient (Wildman–Crippen LogP) is 1.41. The highest BCUT2D eigenvalue weighted by molar-refractivity contribution is 5.11. The quantitative estimate of drug-likeness (QED) is 0.763. The molecule has 2 N–H and O–H groups in total. The fourth-order valence-electron chi connectivity index (χ4n) is 1.17. The molecular weight excluding hydrogens is 162 g/mol. The lowest BCUT2D eigenvalue weighted by atomic mass is 10.1.